The van der Waals surface area contributed by atoms with Crippen molar-refractivity contribution in [3.8, 4) is 0 Å². The van der Waals surface area contributed by atoms with Crippen molar-refractivity contribution >= 4 is 6.21 Å². The van der Waals surface area contributed by atoms with E-state index in [-0.39, 0.29) is 0 Å². The Morgan fingerprint density at radius 1 is 1.50 bits per heavy atom. The lowest BCUT2D eigenvalue weighted by molar-refractivity contribution is 0.663. The minimum absolute atomic E-state index is 0.718. The summed E-state index contributed by atoms with van der Waals surface area (Å²) in [4.78, 5) is 3.94. The molecule has 0 rings (SSSR count). The first-order valence-electron chi connectivity index (χ1n) is 3.56. The first kappa shape index (κ1) is 9.15. The Kier molecular flexibility index (Phi) is 5.74. The summed E-state index contributed by atoms with van der Waals surface area (Å²) in [5, 5.41) is 0. The van der Waals surface area contributed by atoms with Crippen molar-refractivity contribution in [2.75, 3.05) is 0 Å². The molecule has 0 saturated carbocycles. The summed E-state index contributed by atoms with van der Waals surface area (Å²) in [7, 11) is 0. The molecular weight excluding hydrogens is 122 g/mol. The van der Waals surface area contributed by atoms with Crippen molar-refractivity contribution in [3.63, 3.8) is 0 Å². The molecule has 56 valence electrons. The highest BCUT2D eigenvalue weighted by atomic mass is 14.6. The fourth-order valence-corrected chi connectivity index (χ4v) is 0.504. The van der Waals surface area contributed by atoms with Gasteiger partial charge in [0.15, 0.2) is 0 Å². The third-order valence-corrected chi connectivity index (χ3v) is 0.990. The van der Waals surface area contributed by atoms with E-state index < -0.39 is 0 Å². The average molecular weight is 137 g/mol. The van der Waals surface area contributed by atoms with E-state index in [4.69, 9.17) is 0 Å². The van der Waals surface area contributed by atoms with Gasteiger partial charge in [0.05, 0.1) is 0 Å². The van der Waals surface area contributed by atoms with Crippen LogP contribution in [-0.2, 0) is 0 Å². The van der Waals surface area contributed by atoms with Gasteiger partial charge in [-0.25, -0.2) is 0 Å². The quantitative estimate of drug-likeness (QED) is 0.528. The van der Waals surface area contributed by atoms with Gasteiger partial charge in [-0.15, -0.1) is 0 Å². The molecule has 0 unspecified atom stereocenters. The van der Waals surface area contributed by atoms with E-state index >= 15 is 0 Å². The van der Waals surface area contributed by atoms with Crippen molar-refractivity contribution in [2.24, 2.45) is 10.9 Å². The minimum Gasteiger partial charge on any atom is -0.265 e. The summed E-state index contributed by atoms with van der Waals surface area (Å²) in [5.74, 6) is 0.718. The normalized spacial score (nSPS) is 11.9. The molecule has 10 heavy (non-hydrogen) atoms. The van der Waals surface area contributed by atoms with Crippen LogP contribution in [0.4, 0.5) is 0 Å². The van der Waals surface area contributed by atoms with Gasteiger partial charge in [0.1, 0.15) is 0 Å². The Morgan fingerprint density at radius 3 is 2.70 bits per heavy atom. The fraction of sp³-hybridized carbons (Fsp3) is 0.444. The number of nitrogens with zero attached hydrogens (tertiary/aromatic N) is 1. The molecule has 0 saturated heterocycles. The van der Waals surface area contributed by atoms with Crippen molar-refractivity contribution in [3.05, 3.63) is 24.9 Å². The van der Waals surface area contributed by atoms with E-state index in [2.05, 4.69) is 31.5 Å². The molecule has 0 fully saturated rings. The molecule has 0 aromatic heterocycles. The van der Waals surface area contributed by atoms with Crippen LogP contribution in [0.15, 0.2) is 29.9 Å². The van der Waals surface area contributed by atoms with Crippen LogP contribution in [0.5, 0.6) is 0 Å². The van der Waals surface area contributed by atoms with Gasteiger partial charge in [-0.2, -0.15) is 0 Å². The average Bonchev–Trinajstić information content (AvgIpc) is 1.87. The second-order valence-corrected chi connectivity index (χ2v) is 2.55. The summed E-state index contributed by atoms with van der Waals surface area (Å²) in [5.41, 5.74) is 0. The molecule has 1 heteroatoms. The monoisotopic (exact) mass is 137 g/mol. The van der Waals surface area contributed by atoms with Crippen LogP contribution in [-0.4, -0.2) is 6.21 Å². The van der Waals surface area contributed by atoms with Gasteiger partial charge in [-0.3, -0.25) is 4.99 Å². The summed E-state index contributed by atoms with van der Waals surface area (Å²) in [6, 6.07) is 0. The minimum atomic E-state index is 0.718. The van der Waals surface area contributed by atoms with Gasteiger partial charge in [0.2, 0.25) is 0 Å². The maximum absolute atomic E-state index is 3.94. The molecule has 0 aliphatic rings. The predicted octanol–water partition coefficient (Wildman–Crippen LogP) is 2.80. The molecule has 1 nitrogen and oxygen atoms in total. The lowest BCUT2D eigenvalue weighted by atomic mass is 10.1. The highest BCUT2D eigenvalue weighted by Crippen LogP contribution is 1.99. The Balaban J connectivity index is 3.37. The van der Waals surface area contributed by atoms with E-state index in [1.165, 1.54) is 0 Å². The molecule has 0 amide bonds. The molecule has 0 heterocycles. The molecule has 0 aromatic rings. The van der Waals surface area contributed by atoms with Gasteiger partial charge >= 0.3 is 0 Å². The standard InChI is InChI=1S/C9H15N/c1-4-7-10-8-5-6-9(2)3/h4-5,7-9H,1,6H2,2-3H3/b8-5-,10-7?. The van der Waals surface area contributed by atoms with Gasteiger partial charge < -0.3 is 0 Å². The van der Waals surface area contributed by atoms with Crippen LogP contribution in [0, 0.1) is 5.92 Å². The molecule has 0 aliphatic carbocycles. The largest absolute Gasteiger partial charge is 0.265 e. The predicted molar refractivity (Wildman–Crippen MR) is 47.3 cm³/mol. The molecule has 0 radical (unpaired) electrons. The third kappa shape index (κ3) is 7.15. The lowest BCUT2D eigenvalue weighted by Crippen LogP contribution is -1.80. The third-order valence-electron chi connectivity index (χ3n) is 0.990. The maximum atomic E-state index is 3.94. The molecule has 0 aromatic carbocycles. The summed E-state index contributed by atoms with van der Waals surface area (Å²) < 4.78 is 0. The molecule has 0 aliphatic heterocycles. The molecule has 0 N–H and O–H groups in total. The van der Waals surface area contributed by atoms with Crippen LogP contribution in [0.25, 0.3) is 0 Å². The van der Waals surface area contributed by atoms with E-state index in [1.807, 2.05) is 6.20 Å². The van der Waals surface area contributed by atoms with Crippen LogP contribution in [0.2, 0.25) is 0 Å². The number of aliphatic imine (C=N–C) groups is 1. The van der Waals surface area contributed by atoms with E-state index in [9.17, 15) is 0 Å². The molecule has 0 spiro atoms. The van der Waals surface area contributed by atoms with Crippen LogP contribution < -0.4 is 0 Å². The zero-order valence-corrected chi connectivity index (χ0v) is 6.75. The molecule has 0 atom stereocenters. The van der Waals surface area contributed by atoms with Crippen molar-refractivity contribution in [2.45, 2.75) is 20.3 Å². The lowest BCUT2D eigenvalue weighted by Gasteiger charge is -1.93. The Hall–Kier alpha value is -0.850. The maximum Gasteiger partial charge on any atom is 0.0261 e. The highest BCUT2D eigenvalue weighted by Gasteiger charge is 1.84. The van der Waals surface area contributed by atoms with Crippen LogP contribution >= 0.6 is 0 Å². The summed E-state index contributed by atoms with van der Waals surface area (Å²) in [6.45, 7) is 7.87. The van der Waals surface area contributed by atoms with Crippen molar-refractivity contribution < 1.29 is 0 Å². The number of hydrogen-bond acceptors (Lipinski definition) is 1. The van der Waals surface area contributed by atoms with Gasteiger partial charge in [0.25, 0.3) is 0 Å². The van der Waals surface area contributed by atoms with Gasteiger partial charge in [-0.05, 0) is 12.3 Å². The molecule has 0 bridgehead atoms. The Morgan fingerprint density at radius 2 is 2.20 bits per heavy atom. The first-order valence-corrected chi connectivity index (χ1v) is 3.56. The highest BCUT2D eigenvalue weighted by molar-refractivity contribution is 5.70. The Bertz CT molecular complexity index is 132. The first-order chi connectivity index (χ1) is 4.77. The van der Waals surface area contributed by atoms with E-state index in [0.717, 1.165) is 12.3 Å². The van der Waals surface area contributed by atoms with Gasteiger partial charge in [-0.1, -0.05) is 32.6 Å². The van der Waals surface area contributed by atoms with E-state index in [0.29, 0.717) is 0 Å². The SMILES string of the molecule is C=CC=N/C=C\CC(C)C. The fourth-order valence-electron chi connectivity index (χ4n) is 0.504. The van der Waals surface area contributed by atoms with Crippen molar-refractivity contribution in [1.29, 1.82) is 0 Å². The second kappa shape index (κ2) is 6.27. The molecular formula is C9H15N. The Labute approximate surface area is 63.2 Å². The zero-order chi connectivity index (χ0) is 7.82. The number of allylic oxidation sites excluding steroid dienone is 2. The number of hydrogen-bond donors (Lipinski definition) is 0. The summed E-state index contributed by atoms with van der Waals surface area (Å²) in [6.07, 6.45) is 8.30. The number of rotatable bonds is 4. The van der Waals surface area contributed by atoms with Gasteiger partial charge in [0, 0.05) is 12.4 Å². The topological polar surface area (TPSA) is 12.4 Å². The zero-order valence-electron chi connectivity index (χ0n) is 6.75. The van der Waals surface area contributed by atoms with E-state index in [1.54, 1.807) is 12.3 Å². The smallest absolute Gasteiger partial charge is 0.0261 e. The van der Waals surface area contributed by atoms with Crippen molar-refractivity contribution in [1.82, 2.24) is 0 Å². The van der Waals surface area contributed by atoms with Crippen LogP contribution in [0.1, 0.15) is 20.3 Å². The second-order valence-electron chi connectivity index (χ2n) is 2.55. The van der Waals surface area contributed by atoms with Crippen LogP contribution in [0.3, 0.4) is 0 Å². The summed E-state index contributed by atoms with van der Waals surface area (Å²) >= 11 is 0.